The van der Waals surface area contributed by atoms with Crippen molar-refractivity contribution in [3.8, 4) is 0 Å². The molecule has 0 unspecified atom stereocenters. The third-order valence-electron chi connectivity index (χ3n) is 8.14. The van der Waals surface area contributed by atoms with Crippen LogP contribution in [0, 0.1) is 11.8 Å². The van der Waals surface area contributed by atoms with Gasteiger partial charge in [0, 0.05) is 23.3 Å². The van der Waals surface area contributed by atoms with Crippen molar-refractivity contribution in [3.05, 3.63) is 65.7 Å². The van der Waals surface area contributed by atoms with Crippen molar-refractivity contribution in [2.24, 2.45) is 11.8 Å². The zero-order valence-corrected chi connectivity index (χ0v) is 18.6. The summed E-state index contributed by atoms with van der Waals surface area (Å²) >= 11 is 0. The van der Waals surface area contributed by atoms with Crippen LogP contribution in [0.4, 0.5) is 5.69 Å². The van der Waals surface area contributed by atoms with E-state index in [1.165, 1.54) is 0 Å². The van der Waals surface area contributed by atoms with E-state index in [9.17, 15) is 14.4 Å². The van der Waals surface area contributed by atoms with Gasteiger partial charge in [-0.25, -0.2) is 0 Å². The van der Waals surface area contributed by atoms with Crippen molar-refractivity contribution in [1.29, 1.82) is 0 Å². The molecule has 3 fully saturated rings. The van der Waals surface area contributed by atoms with Gasteiger partial charge < -0.3 is 5.32 Å². The second-order valence-corrected chi connectivity index (χ2v) is 9.94. The molecule has 6 nitrogen and oxygen atoms in total. The summed E-state index contributed by atoms with van der Waals surface area (Å²) in [4.78, 5) is 43.0. The third-order valence-corrected chi connectivity index (χ3v) is 8.14. The molecule has 6 heteroatoms. The first-order valence-corrected chi connectivity index (χ1v) is 12.2. The molecule has 1 saturated carbocycles. The highest BCUT2D eigenvalue weighted by Crippen LogP contribution is 2.53. The molecule has 0 radical (unpaired) electrons. The largest absolute Gasteiger partial charge is 0.324 e. The highest BCUT2D eigenvalue weighted by Gasteiger charge is 2.70. The predicted octanol–water partition coefficient (Wildman–Crippen LogP) is 3.37. The number of carbonyl (C=O) groups is 3. The highest BCUT2D eigenvalue weighted by molar-refractivity contribution is 6.15. The number of imide groups is 1. The maximum atomic E-state index is 14.0. The van der Waals surface area contributed by atoms with Crippen molar-refractivity contribution in [1.82, 2.24) is 10.2 Å². The zero-order valence-electron chi connectivity index (χ0n) is 18.6. The number of rotatable bonds is 3. The number of nitrogens with zero attached hydrogens (tertiary/aromatic N) is 1. The van der Waals surface area contributed by atoms with Gasteiger partial charge in [-0.15, -0.1) is 0 Å². The smallest absolute Gasteiger partial charge is 0.250 e. The fourth-order valence-electron chi connectivity index (χ4n) is 6.70. The molecule has 2 N–H and O–H groups in total. The van der Waals surface area contributed by atoms with Crippen LogP contribution in [0.25, 0.3) is 0 Å². The van der Waals surface area contributed by atoms with Crippen molar-refractivity contribution in [2.45, 2.75) is 62.6 Å². The Bertz CT molecular complexity index is 1110. The van der Waals surface area contributed by atoms with E-state index in [1.807, 2.05) is 54.6 Å². The molecule has 33 heavy (non-hydrogen) atoms. The second-order valence-electron chi connectivity index (χ2n) is 9.94. The quantitative estimate of drug-likeness (QED) is 0.563. The Morgan fingerprint density at radius 1 is 0.848 bits per heavy atom. The topological polar surface area (TPSA) is 78.5 Å². The minimum absolute atomic E-state index is 0.0489. The van der Waals surface area contributed by atoms with Gasteiger partial charge in [-0.2, -0.15) is 0 Å². The molecule has 2 aromatic carbocycles. The van der Waals surface area contributed by atoms with Gasteiger partial charge in [0.25, 0.3) is 0 Å². The molecule has 4 atom stereocenters. The molecule has 3 amide bonds. The van der Waals surface area contributed by atoms with Crippen molar-refractivity contribution >= 4 is 23.4 Å². The summed E-state index contributed by atoms with van der Waals surface area (Å²) in [5, 5.41) is 6.52. The molecule has 2 saturated heterocycles. The lowest BCUT2D eigenvalue weighted by Crippen LogP contribution is -2.54. The van der Waals surface area contributed by atoms with Gasteiger partial charge in [0.2, 0.25) is 17.7 Å². The average molecular weight is 444 g/mol. The molecule has 1 spiro atoms. The number of nitrogens with one attached hydrogen (secondary N) is 2. The molecule has 4 aliphatic rings. The van der Waals surface area contributed by atoms with Gasteiger partial charge in [0.1, 0.15) is 5.54 Å². The standard InChI is InChI=1S/C27H29N3O3/c31-24-22-21(16-17-10-4-3-5-11-17)29-27(19-14-8-9-15-20(19)28-26(27)33)23(22)25(32)30(24)18-12-6-1-2-7-13-18/h3-5,8-11,14-15,18,21-23,29H,1-2,6-7,12-13,16H2,(H,28,33)/t21-,22-,23-,27-/m0/s1. The molecular formula is C27H29N3O3. The molecule has 0 aromatic heterocycles. The Balaban J connectivity index is 1.45. The first kappa shape index (κ1) is 20.6. The van der Waals surface area contributed by atoms with Gasteiger partial charge in [0.15, 0.2) is 0 Å². The van der Waals surface area contributed by atoms with Crippen molar-refractivity contribution < 1.29 is 14.4 Å². The van der Waals surface area contributed by atoms with Gasteiger partial charge in [0.05, 0.1) is 11.8 Å². The minimum Gasteiger partial charge on any atom is -0.324 e. The highest BCUT2D eigenvalue weighted by atomic mass is 16.2. The number of anilines is 1. The number of amides is 3. The summed E-state index contributed by atoms with van der Waals surface area (Å²) < 4.78 is 0. The fourth-order valence-corrected chi connectivity index (χ4v) is 6.70. The van der Waals surface area contributed by atoms with E-state index in [2.05, 4.69) is 10.6 Å². The SMILES string of the molecule is O=C1[C@H]2[C@H](Cc3ccccc3)N[C@]3(C(=O)Nc4ccccc43)[C@@H]2C(=O)N1C1CCCCCC1. The van der Waals surface area contributed by atoms with Crippen molar-refractivity contribution in [2.75, 3.05) is 5.32 Å². The van der Waals surface area contributed by atoms with E-state index < -0.39 is 17.4 Å². The third kappa shape index (κ3) is 3.00. The van der Waals surface area contributed by atoms with E-state index in [4.69, 9.17) is 0 Å². The summed E-state index contributed by atoms with van der Waals surface area (Å²) in [5.74, 6) is -1.76. The maximum absolute atomic E-state index is 14.0. The maximum Gasteiger partial charge on any atom is 0.250 e. The minimum atomic E-state index is -1.20. The summed E-state index contributed by atoms with van der Waals surface area (Å²) in [5.41, 5.74) is 1.39. The number of likely N-dealkylation sites (tertiary alicyclic amines) is 1. The number of benzene rings is 2. The van der Waals surface area contributed by atoms with E-state index in [-0.39, 0.29) is 29.8 Å². The lowest BCUT2D eigenvalue weighted by Gasteiger charge is -2.32. The predicted molar refractivity (Wildman–Crippen MR) is 124 cm³/mol. The molecule has 3 heterocycles. The van der Waals surface area contributed by atoms with Crippen LogP contribution in [0.2, 0.25) is 0 Å². The normalized spacial score (nSPS) is 31.6. The van der Waals surface area contributed by atoms with Crippen LogP contribution >= 0.6 is 0 Å². The Hall–Kier alpha value is -2.99. The van der Waals surface area contributed by atoms with Crippen molar-refractivity contribution in [3.63, 3.8) is 0 Å². The average Bonchev–Trinajstić information content (AvgIpc) is 3.28. The second kappa shape index (κ2) is 7.80. The van der Waals surface area contributed by atoms with Crippen LogP contribution < -0.4 is 10.6 Å². The Labute approximate surface area is 193 Å². The van der Waals surface area contributed by atoms with E-state index in [1.54, 1.807) is 4.90 Å². The molecule has 6 rings (SSSR count). The monoisotopic (exact) mass is 443 g/mol. The number of hydrogen-bond donors (Lipinski definition) is 2. The first-order chi connectivity index (χ1) is 16.1. The number of hydrogen-bond acceptors (Lipinski definition) is 4. The Morgan fingerprint density at radius 3 is 2.30 bits per heavy atom. The zero-order chi connectivity index (χ0) is 22.6. The van der Waals surface area contributed by atoms with Crippen LogP contribution in [0.1, 0.15) is 49.7 Å². The number of fused-ring (bicyclic) bond motifs is 4. The van der Waals surface area contributed by atoms with Gasteiger partial charge >= 0.3 is 0 Å². The van der Waals surface area contributed by atoms with Crippen LogP contribution in [-0.2, 0) is 26.3 Å². The van der Waals surface area contributed by atoms with Gasteiger partial charge in [-0.1, -0.05) is 74.2 Å². The van der Waals surface area contributed by atoms with E-state index in [0.717, 1.165) is 55.3 Å². The van der Waals surface area contributed by atoms with Crippen LogP contribution in [0.3, 0.4) is 0 Å². The van der Waals surface area contributed by atoms with Gasteiger partial charge in [-0.05, 0) is 30.9 Å². The summed E-state index contributed by atoms with van der Waals surface area (Å²) in [6.45, 7) is 0. The molecule has 3 aliphatic heterocycles. The first-order valence-electron chi connectivity index (χ1n) is 12.2. The fraction of sp³-hybridized carbons (Fsp3) is 0.444. The summed E-state index contributed by atoms with van der Waals surface area (Å²) in [7, 11) is 0. The lowest BCUT2D eigenvalue weighted by atomic mass is 9.76. The van der Waals surface area contributed by atoms with Crippen LogP contribution in [-0.4, -0.2) is 34.7 Å². The lowest BCUT2D eigenvalue weighted by molar-refractivity contribution is -0.145. The van der Waals surface area contributed by atoms with Crippen LogP contribution in [0.5, 0.6) is 0 Å². The van der Waals surface area contributed by atoms with E-state index >= 15 is 0 Å². The van der Waals surface area contributed by atoms with E-state index in [0.29, 0.717) is 6.42 Å². The molecule has 2 aromatic rings. The summed E-state index contributed by atoms with van der Waals surface area (Å²) in [6, 6.07) is 17.2. The Morgan fingerprint density at radius 2 is 1.55 bits per heavy atom. The van der Waals surface area contributed by atoms with Crippen LogP contribution in [0.15, 0.2) is 54.6 Å². The molecular weight excluding hydrogens is 414 g/mol. The molecule has 1 aliphatic carbocycles. The molecule has 0 bridgehead atoms. The Kier molecular flexibility index (Phi) is 4.87. The number of carbonyl (C=O) groups excluding carboxylic acids is 3. The molecule has 170 valence electrons. The summed E-state index contributed by atoms with van der Waals surface area (Å²) in [6.07, 6.45) is 6.70. The van der Waals surface area contributed by atoms with Gasteiger partial charge in [-0.3, -0.25) is 24.6 Å². The number of para-hydroxylation sites is 1.